The fourth-order valence-electron chi connectivity index (χ4n) is 3.09. The molecule has 0 aromatic carbocycles. The van der Waals surface area contributed by atoms with Gasteiger partial charge in [-0.3, -0.25) is 5.73 Å². The molecule has 0 aromatic heterocycles. The molecule has 1 heterocycles. The zero-order chi connectivity index (χ0) is 28.1. The summed E-state index contributed by atoms with van der Waals surface area (Å²) in [6.45, 7) is 33.0. The summed E-state index contributed by atoms with van der Waals surface area (Å²) in [5, 5.41) is -0.119. The Labute approximate surface area is 218 Å². The average Bonchev–Trinajstić information content (AvgIpc) is 2.88. The summed E-state index contributed by atoms with van der Waals surface area (Å²) in [4.78, 5) is 13.1. The van der Waals surface area contributed by atoms with Crippen molar-refractivity contribution in [1.29, 1.82) is 0 Å². The van der Waals surface area contributed by atoms with Gasteiger partial charge in [-0.25, -0.2) is 4.79 Å². The molecule has 0 bridgehead atoms. The van der Waals surface area contributed by atoms with Crippen molar-refractivity contribution in [3.8, 4) is 0 Å². The third kappa shape index (κ3) is 7.07. The first kappa shape index (κ1) is 32.9. The van der Waals surface area contributed by atoms with Gasteiger partial charge in [0.25, 0.3) is 0 Å². The number of rotatable bonds is 8. The first-order valence-corrected chi connectivity index (χ1v) is 21.5. The van der Waals surface area contributed by atoms with E-state index >= 15 is 0 Å². The number of esters is 1. The molecule has 0 aromatic rings. The van der Waals surface area contributed by atoms with Crippen molar-refractivity contribution in [2.24, 2.45) is 5.73 Å². The molecule has 1 fully saturated rings. The quantitative estimate of drug-likeness (QED) is 0.293. The Morgan fingerprint density at radius 3 is 1.57 bits per heavy atom. The molecule has 2 N–H and O–H groups in total. The Kier molecular flexibility index (Phi) is 9.64. The number of methoxy groups -OCH3 is 1. The zero-order valence-corrected chi connectivity index (χ0v) is 28.5. The highest BCUT2D eigenvalue weighted by molar-refractivity contribution is 6.75. The van der Waals surface area contributed by atoms with Crippen LogP contribution >= 0.6 is 0 Å². The highest BCUT2D eigenvalue weighted by atomic mass is 28.4. The van der Waals surface area contributed by atoms with Crippen LogP contribution in [0.3, 0.4) is 0 Å². The minimum absolute atomic E-state index is 0.0284. The van der Waals surface area contributed by atoms with Crippen molar-refractivity contribution in [3.05, 3.63) is 0 Å². The molecule has 1 rings (SSSR count). The third-order valence-electron chi connectivity index (χ3n) is 8.82. The number of hydrogen-bond acceptors (Lipinski definition) is 7. The maximum atomic E-state index is 13.1. The second-order valence-electron chi connectivity index (χ2n) is 14.7. The molecule has 0 spiro atoms. The van der Waals surface area contributed by atoms with Crippen LogP contribution in [0.25, 0.3) is 0 Å². The summed E-state index contributed by atoms with van der Waals surface area (Å²) in [6.07, 6.45) is -1.92. The molecule has 7 nitrogen and oxygen atoms in total. The second-order valence-corrected chi connectivity index (χ2v) is 29.0. The molecule has 1 aliphatic rings. The summed E-state index contributed by atoms with van der Waals surface area (Å²) in [5.41, 5.74) is 4.95. The molecule has 35 heavy (non-hydrogen) atoms. The van der Waals surface area contributed by atoms with Gasteiger partial charge >= 0.3 is 5.97 Å². The van der Waals surface area contributed by atoms with E-state index in [0.717, 1.165) is 0 Å². The van der Waals surface area contributed by atoms with Crippen LogP contribution < -0.4 is 5.73 Å². The van der Waals surface area contributed by atoms with E-state index in [4.69, 9.17) is 28.5 Å². The van der Waals surface area contributed by atoms with Crippen LogP contribution in [0.1, 0.15) is 62.3 Å². The van der Waals surface area contributed by atoms with Crippen molar-refractivity contribution in [2.45, 2.75) is 141 Å². The summed E-state index contributed by atoms with van der Waals surface area (Å²) in [6, 6.07) is 0. The third-order valence-corrected chi connectivity index (χ3v) is 22.2. The topological polar surface area (TPSA) is 89.2 Å². The van der Waals surface area contributed by atoms with Gasteiger partial charge in [0.2, 0.25) is 5.72 Å². The van der Waals surface area contributed by atoms with E-state index in [2.05, 4.69) is 102 Å². The van der Waals surface area contributed by atoms with Crippen molar-refractivity contribution in [1.82, 2.24) is 0 Å². The number of carbonyl (C=O) groups excluding carboxylic acids is 1. The molecule has 0 saturated carbocycles. The van der Waals surface area contributed by atoms with E-state index in [9.17, 15) is 4.79 Å². The lowest BCUT2D eigenvalue weighted by Crippen LogP contribution is -2.63. The minimum atomic E-state index is -2.36. The van der Waals surface area contributed by atoms with Crippen LogP contribution in [-0.4, -0.2) is 68.7 Å². The zero-order valence-electron chi connectivity index (χ0n) is 25.5. The molecule has 208 valence electrons. The van der Waals surface area contributed by atoms with Gasteiger partial charge in [-0.1, -0.05) is 62.3 Å². The van der Waals surface area contributed by atoms with Gasteiger partial charge in [0, 0.05) is 0 Å². The predicted molar refractivity (Wildman–Crippen MR) is 151 cm³/mol. The first-order chi connectivity index (χ1) is 15.2. The highest BCUT2D eigenvalue weighted by Crippen LogP contribution is 2.46. The number of carbonyl (C=O) groups is 1. The summed E-state index contributed by atoms with van der Waals surface area (Å²) in [7, 11) is -5.42. The fraction of sp³-hybridized carbons (Fsp3) is 0.960. The number of nitrogens with two attached hydrogens (primary N) is 1. The molecule has 1 saturated heterocycles. The maximum absolute atomic E-state index is 13.1. The normalized spacial score (nSPS) is 27.3. The van der Waals surface area contributed by atoms with Crippen LogP contribution in [0.15, 0.2) is 0 Å². The summed E-state index contributed by atoms with van der Waals surface area (Å²) in [5.74, 6) is -0.653. The smallest absolute Gasteiger partial charge is 0.356 e. The molecular formula is C25H55NO6Si3. The van der Waals surface area contributed by atoms with E-state index < -0.39 is 55.0 Å². The lowest BCUT2D eigenvalue weighted by atomic mass is 10.0. The van der Waals surface area contributed by atoms with E-state index in [1.807, 2.05) is 0 Å². The van der Waals surface area contributed by atoms with E-state index in [0.29, 0.717) is 0 Å². The Bertz CT molecular complexity index is 752. The largest absolute Gasteiger partial charge is 0.466 e. The van der Waals surface area contributed by atoms with Gasteiger partial charge in [0.05, 0.1) is 13.7 Å². The van der Waals surface area contributed by atoms with Gasteiger partial charge in [0.1, 0.15) is 18.3 Å². The first-order valence-electron chi connectivity index (χ1n) is 12.8. The van der Waals surface area contributed by atoms with E-state index in [-0.39, 0.29) is 21.7 Å². The molecule has 1 aliphatic heterocycles. The van der Waals surface area contributed by atoms with Crippen molar-refractivity contribution < 1.29 is 27.5 Å². The minimum Gasteiger partial charge on any atom is -0.466 e. The van der Waals surface area contributed by atoms with Gasteiger partial charge < -0.3 is 22.8 Å². The number of hydrogen-bond donors (Lipinski definition) is 1. The monoisotopic (exact) mass is 549 g/mol. The maximum Gasteiger partial charge on any atom is 0.356 e. The Morgan fingerprint density at radius 2 is 1.20 bits per heavy atom. The Morgan fingerprint density at radius 1 is 0.800 bits per heavy atom. The van der Waals surface area contributed by atoms with E-state index in [1.165, 1.54) is 7.11 Å². The standard InChI is InChI=1S/C25H55NO6Si3/c1-22(2,3)33(11,12)29-17-18-19(31-34(13,14)23(4,5)6)20(25(26,30-18)21(27)28-10)32-35(15,16)24(7,8)9/h18-20H,17,26H2,1-16H3/t18-,19-,20+,25+/m1/s1. The molecule has 0 unspecified atom stereocenters. The molecule has 10 heteroatoms. The average molecular weight is 550 g/mol. The molecule has 0 amide bonds. The van der Waals surface area contributed by atoms with Crippen LogP contribution in [0, 0.1) is 0 Å². The highest BCUT2D eigenvalue weighted by Gasteiger charge is 2.63. The fourth-order valence-corrected chi connectivity index (χ4v) is 6.71. The van der Waals surface area contributed by atoms with Gasteiger partial charge in [0.15, 0.2) is 25.0 Å². The molecule has 4 atom stereocenters. The molecular weight excluding hydrogens is 495 g/mol. The van der Waals surface area contributed by atoms with Gasteiger partial charge in [-0.05, 0) is 54.4 Å². The SMILES string of the molecule is COC(=O)[C@@]1(N)O[C@H](CO[Si](C)(C)C(C)(C)C)[C@@H](O[Si](C)(C)C(C)(C)C)[C@@H]1O[Si](C)(C)C(C)(C)C. The summed E-state index contributed by atoms with van der Waals surface area (Å²) < 4.78 is 31.8. The lowest BCUT2D eigenvalue weighted by Gasteiger charge is -2.45. The van der Waals surface area contributed by atoms with Crippen molar-refractivity contribution >= 4 is 30.9 Å². The van der Waals surface area contributed by atoms with E-state index in [1.54, 1.807) is 0 Å². The van der Waals surface area contributed by atoms with Gasteiger partial charge in [-0.15, -0.1) is 0 Å². The van der Waals surface area contributed by atoms with Crippen LogP contribution in [0.4, 0.5) is 0 Å². The van der Waals surface area contributed by atoms with Crippen molar-refractivity contribution in [3.63, 3.8) is 0 Å². The van der Waals surface area contributed by atoms with Crippen LogP contribution in [0.2, 0.25) is 54.4 Å². The van der Waals surface area contributed by atoms with Crippen molar-refractivity contribution in [2.75, 3.05) is 13.7 Å². The Balaban J connectivity index is 3.59. The summed E-state index contributed by atoms with van der Waals surface area (Å²) >= 11 is 0. The molecule has 0 aliphatic carbocycles. The van der Waals surface area contributed by atoms with Gasteiger partial charge in [-0.2, -0.15) is 0 Å². The second kappa shape index (κ2) is 10.2. The molecule has 0 radical (unpaired) electrons. The van der Waals surface area contributed by atoms with Crippen LogP contribution in [0.5, 0.6) is 0 Å². The lowest BCUT2D eigenvalue weighted by molar-refractivity contribution is -0.175. The van der Waals surface area contributed by atoms with Crippen LogP contribution in [-0.2, 0) is 27.5 Å². The number of ether oxygens (including phenoxy) is 2. The Hall–Kier alpha value is -0.0794. The predicted octanol–water partition coefficient (Wildman–Crippen LogP) is 6.02.